The van der Waals surface area contributed by atoms with E-state index in [2.05, 4.69) is 12.4 Å². The minimum atomic E-state index is -0.425. The number of nitrogens with one attached hydrogen (secondary N) is 1. The molecule has 0 aliphatic heterocycles. The molecule has 1 atom stereocenters. The molecule has 1 rings (SSSR count). The maximum absolute atomic E-state index is 12.5. The van der Waals surface area contributed by atoms with Crippen molar-refractivity contribution < 1.29 is 14.7 Å². The van der Waals surface area contributed by atoms with Gasteiger partial charge in [-0.3, -0.25) is 4.84 Å². The molecule has 1 aliphatic rings. The van der Waals surface area contributed by atoms with Crippen molar-refractivity contribution in [1.82, 2.24) is 10.4 Å². The standard InChI is InChI=1S/C17H34N2O3/c1-5-6-12-19(16(21)18-22-17(2,3)4)15(13-20)14-10-8-7-9-11-14/h14-15,20H,5-13H2,1-4H3,(H,18,21)/t15-/m1/s1. The molecule has 22 heavy (non-hydrogen) atoms. The van der Waals surface area contributed by atoms with Crippen LogP contribution in [-0.4, -0.2) is 40.8 Å². The molecular weight excluding hydrogens is 280 g/mol. The summed E-state index contributed by atoms with van der Waals surface area (Å²) in [6.45, 7) is 8.49. The quantitative estimate of drug-likeness (QED) is 0.707. The summed E-state index contributed by atoms with van der Waals surface area (Å²) in [5.74, 6) is 0.399. The molecule has 0 saturated heterocycles. The lowest BCUT2D eigenvalue weighted by Crippen LogP contribution is -2.52. The molecule has 1 saturated carbocycles. The van der Waals surface area contributed by atoms with Gasteiger partial charge in [-0.15, -0.1) is 0 Å². The Bertz CT molecular complexity index is 322. The smallest absolute Gasteiger partial charge is 0.341 e. The van der Waals surface area contributed by atoms with Crippen LogP contribution in [0.2, 0.25) is 0 Å². The minimum absolute atomic E-state index is 0.0251. The van der Waals surface area contributed by atoms with Crippen molar-refractivity contribution in [2.75, 3.05) is 13.2 Å². The average Bonchev–Trinajstić information content (AvgIpc) is 2.49. The summed E-state index contributed by atoms with van der Waals surface area (Å²) in [7, 11) is 0. The Balaban J connectivity index is 2.72. The largest absolute Gasteiger partial charge is 0.394 e. The van der Waals surface area contributed by atoms with Gasteiger partial charge in [0.05, 0.1) is 18.2 Å². The van der Waals surface area contributed by atoms with Gasteiger partial charge in [-0.1, -0.05) is 32.6 Å². The number of rotatable bonds is 7. The normalized spacial score (nSPS) is 18.0. The van der Waals surface area contributed by atoms with Crippen molar-refractivity contribution in [1.29, 1.82) is 0 Å². The third-order valence-electron chi connectivity index (χ3n) is 4.24. The van der Waals surface area contributed by atoms with E-state index in [-0.39, 0.29) is 18.7 Å². The van der Waals surface area contributed by atoms with Crippen LogP contribution in [0.3, 0.4) is 0 Å². The van der Waals surface area contributed by atoms with Crippen LogP contribution < -0.4 is 5.48 Å². The lowest BCUT2D eigenvalue weighted by molar-refractivity contribution is -0.0628. The number of aliphatic hydroxyl groups is 1. The van der Waals surface area contributed by atoms with Crippen molar-refractivity contribution in [3.63, 3.8) is 0 Å². The van der Waals surface area contributed by atoms with Gasteiger partial charge in [0.25, 0.3) is 0 Å². The Hall–Kier alpha value is -0.810. The molecule has 0 unspecified atom stereocenters. The van der Waals surface area contributed by atoms with Crippen LogP contribution in [0.4, 0.5) is 4.79 Å². The first-order valence-electron chi connectivity index (χ1n) is 8.74. The Labute approximate surface area is 135 Å². The molecule has 2 N–H and O–H groups in total. The molecule has 130 valence electrons. The van der Waals surface area contributed by atoms with E-state index in [1.54, 1.807) is 4.90 Å². The van der Waals surface area contributed by atoms with Crippen LogP contribution in [0.15, 0.2) is 0 Å². The van der Waals surface area contributed by atoms with E-state index in [0.29, 0.717) is 12.5 Å². The average molecular weight is 314 g/mol. The van der Waals surface area contributed by atoms with Crippen molar-refractivity contribution in [3.8, 4) is 0 Å². The van der Waals surface area contributed by atoms with Gasteiger partial charge in [-0.25, -0.2) is 10.3 Å². The number of carbonyl (C=O) groups is 1. The number of carbonyl (C=O) groups excluding carboxylic acids is 1. The van der Waals surface area contributed by atoms with Gasteiger partial charge in [-0.2, -0.15) is 0 Å². The first-order valence-corrected chi connectivity index (χ1v) is 8.74. The van der Waals surface area contributed by atoms with Gasteiger partial charge in [0.2, 0.25) is 0 Å². The Morgan fingerprint density at radius 1 is 1.32 bits per heavy atom. The van der Waals surface area contributed by atoms with E-state index in [1.165, 1.54) is 19.3 Å². The molecule has 0 radical (unpaired) electrons. The van der Waals surface area contributed by atoms with Gasteiger partial charge in [0.15, 0.2) is 0 Å². The fourth-order valence-corrected chi connectivity index (χ4v) is 3.02. The van der Waals surface area contributed by atoms with Crippen LogP contribution in [0.5, 0.6) is 0 Å². The summed E-state index contributed by atoms with van der Waals surface area (Å²) in [5, 5.41) is 9.86. The van der Waals surface area contributed by atoms with E-state index < -0.39 is 5.60 Å². The van der Waals surface area contributed by atoms with Crippen molar-refractivity contribution >= 4 is 6.03 Å². The van der Waals surface area contributed by atoms with Crippen LogP contribution >= 0.6 is 0 Å². The predicted octanol–water partition coefficient (Wildman–Crippen LogP) is 3.47. The van der Waals surface area contributed by atoms with Crippen LogP contribution in [0, 0.1) is 5.92 Å². The number of hydroxylamine groups is 1. The van der Waals surface area contributed by atoms with E-state index >= 15 is 0 Å². The molecule has 0 heterocycles. The predicted molar refractivity (Wildman–Crippen MR) is 88.4 cm³/mol. The summed E-state index contributed by atoms with van der Waals surface area (Å²) in [6.07, 6.45) is 7.82. The fourth-order valence-electron chi connectivity index (χ4n) is 3.02. The number of hydrogen-bond acceptors (Lipinski definition) is 3. The van der Waals surface area contributed by atoms with E-state index in [4.69, 9.17) is 4.84 Å². The SMILES string of the molecule is CCCCN(C(=O)NOC(C)(C)C)[C@H](CO)C1CCCCC1. The van der Waals surface area contributed by atoms with Gasteiger partial charge in [0.1, 0.15) is 0 Å². The van der Waals surface area contributed by atoms with Crippen LogP contribution in [0.25, 0.3) is 0 Å². The van der Waals surface area contributed by atoms with Crippen molar-refractivity contribution in [3.05, 3.63) is 0 Å². The number of hydrogen-bond donors (Lipinski definition) is 2. The molecular formula is C17H34N2O3. The Kier molecular flexibility index (Phi) is 8.18. The summed E-state index contributed by atoms with van der Waals surface area (Å²) in [6, 6.07) is -0.330. The second kappa shape index (κ2) is 9.36. The molecule has 0 aromatic carbocycles. The number of nitrogens with zero attached hydrogens (tertiary/aromatic N) is 1. The summed E-state index contributed by atoms with van der Waals surface area (Å²) < 4.78 is 0. The number of aliphatic hydroxyl groups excluding tert-OH is 1. The summed E-state index contributed by atoms with van der Waals surface area (Å²) in [4.78, 5) is 19.7. The zero-order chi connectivity index (χ0) is 16.6. The third-order valence-corrected chi connectivity index (χ3v) is 4.24. The molecule has 5 nitrogen and oxygen atoms in total. The maximum Gasteiger partial charge on any atom is 0.341 e. The molecule has 2 amide bonds. The van der Waals surface area contributed by atoms with E-state index in [9.17, 15) is 9.90 Å². The van der Waals surface area contributed by atoms with Gasteiger partial charge in [0, 0.05) is 6.54 Å². The molecule has 0 aromatic rings. The second-order valence-electron chi connectivity index (χ2n) is 7.32. The first kappa shape index (κ1) is 19.2. The van der Waals surface area contributed by atoms with E-state index in [1.807, 2.05) is 20.8 Å². The molecule has 0 aromatic heterocycles. The highest BCUT2D eigenvalue weighted by atomic mass is 16.7. The first-order chi connectivity index (χ1) is 10.4. The number of amides is 2. The Morgan fingerprint density at radius 2 is 1.95 bits per heavy atom. The molecule has 1 fully saturated rings. The van der Waals surface area contributed by atoms with Gasteiger partial charge >= 0.3 is 6.03 Å². The fraction of sp³-hybridized carbons (Fsp3) is 0.941. The van der Waals surface area contributed by atoms with Crippen LogP contribution in [-0.2, 0) is 4.84 Å². The Morgan fingerprint density at radius 3 is 2.45 bits per heavy atom. The van der Waals surface area contributed by atoms with Crippen LogP contribution in [0.1, 0.15) is 72.6 Å². The van der Waals surface area contributed by atoms with Crippen molar-refractivity contribution in [2.45, 2.75) is 84.3 Å². The lowest BCUT2D eigenvalue weighted by atomic mass is 9.83. The molecule has 0 bridgehead atoms. The molecule has 0 spiro atoms. The van der Waals surface area contributed by atoms with Crippen molar-refractivity contribution in [2.24, 2.45) is 5.92 Å². The summed E-state index contributed by atoms with van der Waals surface area (Å²) >= 11 is 0. The minimum Gasteiger partial charge on any atom is -0.394 e. The molecule has 1 aliphatic carbocycles. The zero-order valence-corrected chi connectivity index (χ0v) is 14.7. The molecule has 5 heteroatoms. The second-order valence-corrected chi connectivity index (χ2v) is 7.32. The monoisotopic (exact) mass is 314 g/mol. The van der Waals surface area contributed by atoms with Gasteiger partial charge < -0.3 is 10.0 Å². The maximum atomic E-state index is 12.5. The lowest BCUT2D eigenvalue weighted by Gasteiger charge is -2.38. The number of urea groups is 1. The number of unbranched alkanes of at least 4 members (excludes halogenated alkanes) is 1. The highest BCUT2D eigenvalue weighted by Gasteiger charge is 2.31. The zero-order valence-electron chi connectivity index (χ0n) is 14.7. The summed E-state index contributed by atoms with van der Waals surface area (Å²) in [5.41, 5.74) is 2.14. The highest BCUT2D eigenvalue weighted by Crippen LogP contribution is 2.29. The third kappa shape index (κ3) is 6.53. The van der Waals surface area contributed by atoms with Gasteiger partial charge in [-0.05, 0) is 46.0 Å². The topological polar surface area (TPSA) is 61.8 Å². The highest BCUT2D eigenvalue weighted by molar-refractivity contribution is 5.73. The van der Waals surface area contributed by atoms with E-state index in [0.717, 1.165) is 25.7 Å².